The van der Waals surface area contributed by atoms with Crippen LogP contribution in [0.25, 0.3) is 10.9 Å². The highest BCUT2D eigenvalue weighted by Crippen LogP contribution is 2.33. The number of para-hydroxylation sites is 2. The smallest absolute Gasteiger partial charge is 0.249 e. The van der Waals surface area contributed by atoms with E-state index < -0.39 is 6.04 Å². The van der Waals surface area contributed by atoms with Crippen molar-refractivity contribution >= 4 is 28.4 Å². The van der Waals surface area contributed by atoms with Crippen molar-refractivity contribution in [1.82, 2.24) is 15.6 Å². The molecule has 2 heterocycles. The molecule has 1 aliphatic heterocycles. The molecule has 4 rings (SSSR count). The maximum Gasteiger partial charge on any atom is 0.249 e. The lowest BCUT2D eigenvalue weighted by Crippen LogP contribution is -2.52. The largest absolute Gasteiger partial charge is 0.495 e. The minimum absolute atomic E-state index is 0.130. The molecule has 32 heavy (non-hydrogen) atoms. The fraction of sp³-hybridized carbons (Fsp3) is 0.320. The molecular formula is C25H28N4O3. The first-order valence-electron chi connectivity index (χ1n) is 10.8. The minimum atomic E-state index is -0.607. The Kier molecular flexibility index (Phi) is 6.37. The van der Waals surface area contributed by atoms with Gasteiger partial charge in [-0.1, -0.05) is 36.4 Å². The Morgan fingerprint density at radius 3 is 2.75 bits per heavy atom. The summed E-state index contributed by atoms with van der Waals surface area (Å²) < 4.78 is 5.61. The first kappa shape index (κ1) is 21.8. The van der Waals surface area contributed by atoms with E-state index in [1.54, 1.807) is 32.2 Å². The number of ether oxygens (including phenoxy) is 1. The van der Waals surface area contributed by atoms with Crippen molar-refractivity contribution in [2.75, 3.05) is 19.1 Å². The van der Waals surface area contributed by atoms with Crippen molar-refractivity contribution in [3.63, 3.8) is 0 Å². The molecule has 2 atom stereocenters. The lowest BCUT2D eigenvalue weighted by Gasteiger charge is -2.28. The van der Waals surface area contributed by atoms with E-state index in [-0.39, 0.29) is 17.9 Å². The number of carbonyl (C=O) groups is 2. The summed E-state index contributed by atoms with van der Waals surface area (Å²) in [6.07, 6.45) is 2.94. The van der Waals surface area contributed by atoms with E-state index in [2.05, 4.69) is 15.6 Å². The molecule has 0 saturated heterocycles. The van der Waals surface area contributed by atoms with Crippen LogP contribution in [0.2, 0.25) is 0 Å². The third kappa shape index (κ3) is 4.16. The number of pyridine rings is 1. The third-order valence-corrected chi connectivity index (χ3v) is 6.08. The Balaban J connectivity index is 1.76. The van der Waals surface area contributed by atoms with Gasteiger partial charge in [0.05, 0.1) is 31.4 Å². The van der Waals surface area contributed by atoms with Crippen LogP contribution in [0.5, 0.6) is 5.75 Å². The average molecular weight is 433 g/mol. The minimum Gasteiger partial charge on any atom is -0.495 e. The molecule has 0 fully saturated rings. The van der Waals surface area contributed by atoms with Crippen LogP contribution in [0, 0.1) is 0 Å². The zero-order valence-corrected chi connectivity index (χ0v) is 18.6. The number of fused-ring (bicyclic) bond motifs is 2. The van der Waals surface area contributed by atoms with Gasteiger partial charge < -0.3 is 20.3 Å². The highest BCUT2D eigenvalue weighted by Gasteiger charge is 2.33. The number of nitrogens with zero attached hydrogens (tertiary/aromatic N) is 2. The van der Waals surface area contributed by atoms with Crippen molar-refractivity contribution in [3.8, 4) is 5.75 Å². The van der Waals surface area contributed by atoms with E-state index in [1.165, 1.54) is 0 Å². The van der Waals surface area contributed by atoms with Gasteiger partial charge in [0.2, 0.25) is 11.8 Å². The number of nitrogens with one attached hydrogen (secondary N) is 2. The Bertz CT molecular complexity index is 1150. The predicted molar refractivity (Wildman–Crippen MR) is 125 cm³/mol. The Morgan fingerprint density at radius 2 is 1.97 bits per heavy atom. The fourth-order valence-corrected chi connectivity index (χ4v) is 4.12. The number of aryl methyl sites for hydroxylation is 1. The van der Waals surface area contributed by atoms with Crippen LogP contribution in [-0.2, 0) is 22.6 Å². The lowest BCUT2D eigenvalue weighted by atomic mass is 10.1. The van der Waals surface area contributed by atoms with Gasteiger partial charge in [-0.25, -0.2) is 0 Å². The second kappa shape index (κ2) is 9.36. The van der Waals surface area contributed by atoms with Crippen molar-refractivity contribution < 1.29 is 14.3 Å². The second-order valence-corrected chi connectivity index (χ2v) is 7.99. The molecule has 166 valence electrons. The molecule has 3 aromatic rings. The van der Waals surface area contributed by atoms with Crippen molar-refractivity contribution in [1.29, 1.82) is 0 Å². The zero-order valence-electron chi connectivity index (χ0n) is 18.6. The molecule has 0 aliphatic carbocycles. The maximum absolute atomic E-state index is 13.7. The lowest BCUT2D eigenvalue weighted by molar-refractivity contribution is -0.128. The summed E-state index contributed by atoms with van der Waals surface area (Å²) in [6, 6.07) is 14.7. The van der Waals surface area contributed by atoms with Gasteiger partial charge in [0.1, 0.15) is 11.8 Å². The monoisotopic (exact) mass is 432 g/mol. The zero-order chi connectivity index (χ0) is 22.7. The van der Waals surface area contributed by atoms with Crippen molar-refractivity contribution in [2.45, 2.75) is 38.4 Å². The van der Waals surface area contributed by atoms with Gasteiger partial charge in [-0.3, -0.25) is 14.6 Å². The van der Waals surface area contributed by atoms with Gasteiger partial charge in [0.25, 0.3) is 0 Å². The van der Waals surface area contributed by atoms with Gasteiger partial charge >= 0.3 is 0 Å². The predicted octanol–water partition coefficient (Wildman–Crippen LogP) is 2.82. The molecule has 2 amide bonds. The number of carbonyl (C=O) groups excluding carboxylic acids is 2. The number of amides is 2. The van der Waals surface area contributed by atoms with Gasteiger partial charge in [0.15, 0.2) is 0 Å². The van der Waals surface area contributed by atoms with E-state index in [0.29, 0.717) is 25.1 Å². The molecule has 1 aliphatic rings. The van der Waals surface area contributed by atoms with E-state index in [0.717, 1.165) is 27.7 Å². The number of anilines is 1. The van der Waals surface area contributed by atoms with Crippen LogP contribution >= 0.6 is 0 Å². The quantitative estimate of drug-likeness (QED) is 0.626. The highest BCUT2D eigenvalue weighted by atomic mass is 16.5. The summed E-state index contributed by atoms with van der Waals surface area (Å²) in [6.45, 7) is 2.09. The van der Waals surface area contributed by atoms with Gasteiger partial charge in [-0.2, -0.15) is 0 Å². The molecule has 2 unspecified atom stereocenters. The van der Waals surface area contributed by atoms with Crippen LogP contribution in [-0.4, -0.2) is 43.0 Å². The van der Waals surface area contributed by atoms with Crippen LogP contribution in [0.4, 0.5) is 5.69 Å². The summed E-state index contributed by atoms with van der Waals surface area (Å²) in [7, 11) is 3.33. The summed E-state index contributed by atoms with van der Waals surface area (Å²) >= 11 is 0. The molecule has 7 heteroatoms. The normalized spacial score (nSPS) is 16.9. The fourth-order valence-electron chi connectivity index (χ4n) is 4.12. The topological polar surface area (TPSA) is 83.6 Å². The number of methoxy groups -OCH3 is 1. The second-order valence-electron chi connectivity index (χ2n) is 7.99. The van der Waals surface area contributed by atoms with Crippen LogP contribution in [0.3, 0.4) is 0 Å². The molecule has 0 spiro atoms. The number of aromatic nitrogens is 1. The summed E-state index contributed by atoms with van der Waals surface area (Å²) in [5, 5.41) is 6.80. The van der Waals surface area contributed by atoms with E-state index in [4.69, 9.17) is 4.74 Å². The van der Waals surface area contributed by atoms with Crippen LogP contribution < -0.4 is 20.3 Å². The molecule has 2 N–H and O–H groups in total. The number of hydrogen-bond acceptors (Lipinski definition) is 5. The van der Waals surface area contributed by atoms with E-state index in [9.17, 15) is 9.59 Å². The maximum atomic E-state index is 13.7. The third-order valence-electron chi connectivity index (χ3n) is 6.08. The van der Waals surface area contributed by atoms with Gasteiger partial charge in [-0.05, 0) is 44.5 Å². The molecule has 1 aromatic heterocycles. The summed E-state index contributed by atoms with van der Waals surface area (Å²) in [5.41, 5.74) is 3.67. The number of benzene rings is 2. The van der Waals surface area contributed by atoms with E-state index >= 15 is 0 Å². The highest BCUT2D eigenvalue weighted by molar-refractivity contribution is 6.01. The first-order chi connectivity index (χ1) is 15.5. The molecule has 0 radical (unpaired) electrons. The average Bonchev–Trinajstić information content (AvgIpc) is 2.95. The molecular weight excluding hydrogens is 404 g/mol. The van der Waals surface area contributed by atoms with Gasteiger partial charge in [-0.15, -0.1) is 0 Å². The van der Waals surface area contributed by atoms with Crippen molar-refractivity contribution in [3.05, 3.63) is 65.9 Å². The molecule has 2 aromatic carbocycles. The number of hydrogen-bond donors (Lipinski definition) is 2. The number of likely N-dealkylation sites (N-methyl/N-ethyl adjacent to an activating group) is 1. The SMILES string of the molecule is CNC(C)C(=O)NC1CCc2ccccc2N(Cc2c(OC)cnc3ccccc23)C1=O. The molecule has 0 saturated carbocycles. The Morgan fingerprint density at radius 1 is 1.22 bits per heavy atom. The first-order valence-corrected chi connectivity index (χ1v) is 10.8. The molecule has 7 nitrogen and oxygen atoms in total. The summed E-state index contributed by atoms with van der Waals surface area (Å²) in [4.78, 5) is 32.5. The van der Waals surface area contributed by atoms with Crippen molar-refractivity contribution in [2.24, 2.45) is 0 Å². The summed E-state index contributed by atoms with van der Waals surface area (Å²) in [5.74, 6) is 0.306. The standard InChI is InChI=1S/C25H28N4O3/c1-16(26-2)24(30)28-21-13-12-17-8-4-7-11-22(17)29(25(21)31)15-19-18-9-5-6-10-20(18)27-14-23(19)32-3/h4-11,14,16,21,26H,12-13,15H2,1-3H3,(H,28,30). The Hall–Kier alpha value is -3.45. The Labute approximate surface area is 187 Å². The van der Waals surface area contributed by atoms with Crippen LogP contribution in [0.15, 0.2) is 54.7 Å². The van der Waals surface area contributed by atoms with E-state index in [1.807, 2.05) is 48.5 Å². The number of rotatable bonds is 6. The van der Waals surface area contributed by atoms with Gasteiger partial charge in [0, 0.05) is 16.6 Å². The van der Waals surface area contributed by atoms with Crippen LogP contribution in [0.1, 0.15) is 24.5 Å². The molecule has 0 bridgehead atoms.